The maximum absolute atomic E-state index is 2.28. The van der Waals surface area contributed by atoms with Crippen LogP contribution in [0.25, 0.3) is 0 Å². The molecule has 0 aromatic heterocycles. The van der Waals surface area contributed by atoms with Gasteiger partial charge in [0.05, 0.1) is 0 Å². The number of hydrogen-bond donors (Lipinski definition) is 0. The van der Waals surface area contributed by atoms with Crippen molar-refractivity contribution < 1.29 is 0 Å². The van der Waals surface area contributed by atoms with Crippen molar-refractivity contribution in [3.63, 3.8) is 0 Å². The summed E-state index contributed by atoms with van der Waals surface area (Å²) in [5, 5.41) is 0. The van der Waals surface area contributed by atoms with Crippen LogP contribution in [0.15, 0.2) is 60.7 Å². The Kier molecular flexibility index (Phi) is 4.21. The van der Waals surface area contributed by atoms with Crippen molar-refractivity contribution in [1.29, 1.82) is 0 Å². The molecule has 0 fully saturated rings. The van der Waals surface area contributed by atoms with Gasteiger partial charge in [-0.25, -0.2) is 0 Å². The number of hydrogen-bond acceptors (Lipinski definition) is 0. The molecule has 1 atom stereocenters. The van der Waals surface area contributed by atoms with Gasteiger partial charge in [0.2, 0.25) is 0 Å². The van der Waals surface area contributed by atoms with Crippen molar-refractivity contribution in [3.8, 4) is 0 Å². The molecule has 0 aliphatic rings. The van der Waals surface area contributed by atoms with E-state index >= 15 is 0 Å². The zero-order valence-corrected chi connectivity index (χ0v) is 11.2. The Morgan fingerprint density at radius 2 is 1.44 bits per heavy atom. The van der Waals surface area contributed by atoms with Crippen LogP contribution in [0.3, 0.4) is 0 Å². The third kappa shape index (κ3) is 2.98. The van der Waals surface area contributed by atoms with Gasteiger partial charge in [-0.05, 0) is 0 Å². The van der Waals surface area contributed by atoms with Gasteiger partial charge in [0, 0.05) is 0 Å². The van der Waals surface area contributed by atoms with Crippen LogP contribution in [-0.4, -0.2) is 15.0 Å². The average molecular weight is 275 g/mol. The van der Waals surface area contributed by atoms with Crippen molar-refractivity contribution >= 4 is 19.4 Å². The van der Waals surface area contributed by atoms with Crippen LogP contribution in [0.2, 0.25) is 0 Å². The SMILES string of the molecule is CCC([Se]c1ccccc1)c1ccccc1. The Balaban J connectivity index is 2.13. The van der Waals surface area contributed by atoms with E-state index in [1.54, 1.807) is 0 Å². The molecule has 0 aliphatic carbocycles. The van der Waals surface area contributed by atoms with Crippen LogP contribution in [0.5, 0.6) is 0 Å². The molecular formula is C15H16Se. The minimum atomic E-state index is 0.539. The Morgan fingerprint density at radius 3 is 2.00 bits per heavy atom. The third-order valence-electron chi connectivity index (χ3n) is 2.56. The summed E-state index contributed by atoms with van der Waals surface area (Å²) in [5.41, 5.74) is 1.48. The quantitative estimate of drug-likeness (QED) is 0.752. The van der Waals surface area contributed by atoms with E-state index in [0.717, 1.165) is 0 Å². The van der Waals surface area contributed by atoms with Gasteiger partial charge in [0.25, 0.3) is 0 Å². The molecule has 0 spiro atoms. The summed E-state index contributed by atoms with van der Waals surface area (Å²) in [6.45, 7) is 2.28. The van der Waals surface area contributed by atoms with Gasteiger partial charge >= 0.3 is 104 Å². The molecule has 16 heavy (non-hydrogen) atoms. The molecule has 0 saturated carbocycles. The Labute approximate surface area is 104 Å². The number of rotatable bonds is 4. The monoisotopic (exact) mass is 276 g/mol. The molecule has 2 aromatic carbocycles. The Hall–Kier alpha value is -1.04. The van der Waals surface area contributed by atoms with Crippen LogP contribution in [0, 0.1) is 0 Å². The molecule has 1 unspecified atom stereocenters. The molecule has 0 amide bonds. The van der Waals surface area contributed by atoms with Crippen molar-refractivity contribution in [1.82, 2.24) is 0 Å². The van der Waals surface area contributed by atoms with E-state index in [2.05, 4.69) is 67.6 Å². The molecule has 0 aliphatic heterocycles. The van der Waals surface area contributed by atoms with E-state index in [4.69, 9.17) is 0 Å². The van der Waals surface area contributed by atoms with Crippen LogP contribution in [0.4, 0.5) is 0 Å². The minimum absolute atomic E-state index is 0.539. The summed E-state index contributed by atoms with van der Waals surface area (Å²) in [6.07, 6.45) is 1.22. The first kappa shape index (κ1) is 11.4. The van der Waals surface area contributed by atoms with Crippen LogP contribution >= 0.6 is 0 Å². The molecule has 0 heterocycles. The summed E-state index contributed by atoms with van der Waals surface area (Å²) in [6, 6.07) is 21.7. The Bertz CT molecular complexity index is 408. The van der Waals surface area contributed by atoms with Gasteiger partial charge in [0.15, 0.2) is 0 Å². The summed E-state index contributed by atoms with van der Waals surface area (Å²) in [4.78, 5) is 0.705. The molecule has 0 saturated heterocycles. The fraction of sp³-hybridized carbons (Fsp3) is 0.200. The van der Waals surface area contributed by atoms with Gasteiger partial charge in [-0.1, -0.05) is 0 Å². The van der Waals surface area contributed by atoms with Crippen molar-refractivity contribution in [2.24, 2.45) is 0 Å². The second kappa shape index (κ2) is 5.88. The van der Waals surface area contributed by atoms with Crippen LogP contribution < -0.4 is 4.46 Å². The van der Waals surface area contributed by atoms with Gasteiger partial charge in [-0.15, -0.1) is 0 Å². The second-order valence-electron chi connectivity index (χ2n) is 3.74. The van der Waals surface area contributed by atoms with E-state index in [0.29, 0.717) is 19.8 Å². The summed E-state index contributed by atoms with van der Waals surface area (Å²) < 4.78 is 1.49. The average Bonchev–Trinajstić information content (AvgIpc) is 2.38. The fourth-order valence-electron chi connectivity index (χ4n) is 1.72. The van der Waals surface area contributed by atoms with Gasteiger partial charge in [-0.3, -0.25) is 0 Å². The normalized spacial score (nSPS) is 12.3. The molecule has 82 valence electrons. The molecule has 0 N–H and O–H groups in total. The maximum atomic E-state index is 2.28. The standard InChI is InChI=1S/C15H16Se/c1-2-15(13-9-5-3-6-10-13)16-14-11-7-4-8-12-14/h3-12,15H,2H2,1H3. The first-order chi connectivity index (χ1) is 7.90. The van der Waals surface area contributed by atoms with Gasteiger partial charge < -0.3 is 0 Å². The zero-order valence-electron chi connectivity index (χ0n) is 9.47. The van der Waals surface area contributed by atoms with Crippen molar-refractivity contribution in [2.45, 2.75) is 18.2 Å². The predicted octanol–water partition coefficient (Wildman–Crippen LogP) is 3.17. The predicted molar refractivity (Wildman–Crippen MR) is 71.3 cm³/mol. The van der Waals surface area contributed by atoms with E-state index in [1.165, 1.54) is 16.4 Å². The molecule has 1 heteroatoms. The number of benzene rings is 2. The van der Waals surface area contributed by atoms with Gasteiger partial charge in [-0.2, -0.15) is 0 Å². The molecule has 2 rings (SSSR count). The van der Waals surface area contributed by atoms with E-state index in [9.17, 15) is 0 Å². The third-order valence-corrected chi connectivity index (χ3v) is 5.57. The molecular weight excluding hydrogens is 259 g/mol. The van der Waals surface area contributed by atoms with E-state index in [1.807, 2.05) is 0 Å². The topological polar surface area (TPSA) is 0 Å². The molecule has 0 radical (unpaired) electrons. The molecule has 0 bridgehead atoms. The summed E-state index contributed by atoms with van der Waals surface area (Å²) in [7, 11) is 0. The first-order valence-electron chi connectivity index (χ1n) is 5.67. The Morgan fingerprint density at radius 1 is 0.875 bits per heavy atom. The van der Waals surface area contributed by atoms with Crippen LogP contribution in [-0.2, 0) is 0 Å². The van der Waals surface area contributed by atoms with Crippen LogP contribution in [0.1, 0.15) is 23.7 Å². The first-order valence-corrected chi connectivity index (χ1v) is 7.51. The summed E-state index contributed by atoms with van der Waals surface area (Å²) >= 11 is 0.539. The summed E-state index contributed by atoms with van der Waals surface area (Å²) in [5.74, 6) is 0. The zero-order chi connectivity index (χ0) is 11.2. The van der Waals surface area contributed by atoms with E-state index < -0.39 is 0 Å². The van der Waals surface area contributed by atoms with Crippen molar-refractivity contribution in [3.05, 3.63) is 66.2 Å². The molecule has 0 nitrogen and oxygen atoms in total. The molecule has 2 aromatic rings. The second-order valence-corrected chi connectivity index (χ2v) is 6.42. The fourth-order valence-corrected chi connectivity index (χ4v) is 4.03. The van der Waals surface area contributed by atoms with Gasteiger partial charge in [0.1, 0.15) is 0 Å². The van der Waals surface area contributed by atoms with E-state index in [-0.39, 0.29) is 0 Å². The van der Waals surface area contributed by atoms with Crippen molar-refractivity contribution in [2.75, 3.05) is 0 Å².